The van der Waals surface area contributed by atoms with Crippen LogP contribution >= 0.6 is 45.2 Å². The maximum atomic E-state index is 13.9. The Morgan fingerprint density at radius 2 is 1.89 bits per heavy atom. The molecule has 0 unspecified atom stereocenters. The lowest BCUT2D eigenvalue weighted by atomic mass is 10.2. The first-order valence-electron chi connectivity index (χ1n) is 8.08. The van der Waals surface area contributed by atoms with Gasteiger partial charge in [0.25, 0.3) is 0 Å². The minimum atomic E-state index is -0.535. The Bertz CT molecular complexity index is 1120. The van der Waals surface area contributed by atoms with Crippen LogP contribution in [0.5, 0.6) is 0 Å². The van der Waals surface area contributed by atoms with Crippen molar-refractivity contribution < 1.29 is 8.78 Å². The first-order valence-corrected chi connectivity index (χ1v) is 10.2. The van der Waals surface area contributed by atoms with Gasteiger partial charge in [-0.1, -0.05) is 0 Å². The van der Waals surface area contributed by atoms with Crippen LogP contribution < -0.4 is 0 Å². The third-order valence-corrected chi connectivity index (χ3v) is 5.89. The number of fused-ring (bicyclic) bond motifs is 1. The lowest BCUT2D eigenvalue weighted by Gasteiger charge is -2.09. The van der Waals surface area contributed by atoms with Crippen molar-refractivity contribution in [1.29, 1.82) is 0 Å². The highest BCUT2D eigenvalue weighted by atomic mass is 127. The third kappa shape index (κ3) is 3.71. The van der Waals surface area contributed by atoms with Crippen LogP contribution in [-0.2, 0) is 13.1 Å². The lowest BCUT2D eigenvalue weighted by Crippen LogP contribution is -2.04. The lowest BCUT2D eigenvalue weighted by molar-refractivity contribution is 0.451. The fourth-order valence-corrected chi connectivity index (χ4v) is 3.87. The zero-order chi connectivity index (χ0) is 19.0. The van der Waals surface area contributed by atoms with Crippen LogP contribution in [-0.4, -0.2) is 30.8 Å². The molecule has 0 bridgehead atoms. The molecule has 1 aromatic carbocycles. The van der Waals surface area contributed by atoms with Gasteiger partial charge in [0.1, 0.15) is 18.3 Å². The Balaban J connectivity index is 1.80. The molecule has 0 atom stereocenters. The number of pyridine rings is 1. The fourth-order valence-electron chi connectivity index (χ4n) is 2.97. The average Bonchev–Trinajstić information content (AvgIpc) is 3.20. The van der Waals surface area contributed by atoms with Gasteiger partial charge in [-0.05, 0) is 62.9 Å². The molecule has 27 heavy (non-hydrogen) atoms. The first kappa shape index (κ1) is 18.7. The highest BCUT2D eigenvalue weighted by Crippen LogP contribution is 2.28. The Kier molecular flexibility index (Phi) is 5.39. The molecule has 9 heteroatoms. The standard InChI is InChI=1S/C18H13F2I2N5/c19-1-2-27-16-5-14(21)13(20)4-15(16)25-18(27)12-3-11(6-23-7-12)9-26-10-24-8-17(26)22/h3-8,10H,1-2,9H2. The van der Waals surface area contributed by atoms with Crippen molar-refractivity contribution in [2.75, 3.05) is 6.67 Å². The number of hydrogen-bond acceptors (Lipinski definition) is 3. The monoisotopic (exact) mass is 591 g/mol. The smallest absolute Gasteiger partial charge is 0.142 e. The molecule has 0 radical (unpaired) electrons. The van der Waals surface area contributed by atoms with Gasteiger partial charge in [-0.3, -0.25) is 4.98 Å². The van der Waals surface area contributed by atoms with Crippen LogP contribution in [0.3, 0.4) is 0 Å². The number of rotatable bonds is 5. The third-order valence-electron chi connectivity index (χ3n) is 4.17. The minimum absolute atomic E-state index is 0.150. The molecule has 0 amide bonds. The maximum absolute atomic E-state index is 13.9. The summed E-state index contributed by atoms with van der Waals surface area (Å²) in [6.45, 7) is 0.235. The van der Waals surface area contributed by atoms with E-state index in [0.29, 0.717) is 27.0 Å². The molecule has 0 aliphatic heterocycles. The maximum Gasteiger partial charge on any atom is 0.142 e. The number of nitrogens with zero attached hydrogens (tertiary/aromatic N) is 5. The van der Waals surface area contributed by atoms with E-state index in [2.05, 4.69) is 37.5 Å². The number of alkyl halides is 1. The van der Waals surface area contributed by atoms with Crippen molar-refractivity contribution in [3.8, 4) is 11.4 Å². The Hall–Kier alpha value is -1.63. The van der Waals surface area contributed by atoms with E-state index in [9.17, 15) is 8.78 Å². The van der Waals surface area contributed by atoms with Gasteiger partial charge < -0.3 is 9.13 Å². The van der Waals surface area contributed by atoms with E-state index in [1.807, 2.05) is 33.2 Å². The van der Waals surface area contributed by atoms with E-state index in [0.717, 1.165) is 14.8 Å². The quantitative estimate of drug-likeness (QED) is 0.318. The van der Waals surface area contributed by atoms with Gasteiger partial charge in [-0.25, -0.2) is 18.7 Å². The summed E-state index contributed by atoms with van der Waals surface area (Å²) in [5, 5.41) is 0. The summed E-state index contributed by atoms with van der Waals surface area (Å²) in [5.74, 6) is 0.250. The Morgan fingerprint density at radius 3 is 2.63 bits per heavy atom. The second-order valence-corrected chi connectivity index (χ2v) is 8.22. The molecule has 0 aliphatic rings. The van der Waals surface area contributed by atoms with Crippen LogP contribution in [0.4, 0.5) is 8.78 Å². The van der Waals surface area contributed by atoms with Crippen molar-refractivity contribution in [2.45, 2.75) is 13.1 Å². The second-order valence-electron chi connectivity index (χ2n) is 5.96. The zero-order valence-electron chi connectivity index (χ0n) is 13.9. The van der Waals surface area contributed by atoms with Gasteiger partial charge in [0, 0.05) is 24.0 Å². The van der Waals surface area contributed by atoms with Gasteiger partial charge >= 0.3 is 0 Å². The number of benzene rings is 1. The summed E-state index contributed by atoms with van der Waals surface area (Å²) in [7, 11) is 0. The fraction of sp³-hybridized carbons (Fsp3) is 0.167. The number of hydrogen-bond donors (Lipinski definition) is 0. The normalized spacial score (nSPS) is 11.4. The van der Waals surface area contributed by atoms with Gasteiger partial charge in [-0.2, -0.15) is 0 Å². The van der Waals surface area contributed by atoms with Gasteiger partial charge in [0.15, 0.2) is 0 Å². The van der Waals surface area contributed by atoms with Gasteiger partial charge in [0.2, 0.25) is 0 Å². The molecular formula is C18H13F2I2N5. The number of halogens is 4. The molecule has 138 valence electrons. The van der Waals surface area contributed by atoms with Crippen molar-refractivity contribution in [3.05, 3.63) is 61.8 Å². The van der Waals surface area contributed by atoms with Crippen LogP contribution in [0.15, 0.2) is 43.1 Å². The first-order chi connectivity index (χ1) is 13.1. The molecule has 4 aromatic rings. The number of aromatic nitrogens is 5. The summed E-state index contributed by atoms with van der Waals surface area (Å²) in [5.41, 5.74) is 2.96. The Labute approximate surface area is 181 Å². The number of aryl methyl sites for hydroxylation is 1. The van der Waals surface area contributed by atoms with E-state index < -0.39 is 6.67 Å². The molecule has 0 aliphatic carbocycles. The van der Waals surface area contributed by atoms with E-state index in [1.165, 1.54) is 6.07 Å². The molecule has 3 aromatic heterocycles. The Morgan fingerprint density at radius 1 is 1.04 bits per heavy atom. The van der Waals surface area contributed by atoms with Gasteiger partial charge in [0.05, 0.1) is 43.9 Å². The average molecular weight is 591 g/mol. The van der Waals surface area contributed by atoms with Crippen LogP contribution in [0.1, 0.15) is 5.56 Å². The predicted molar refractivity (Wildman–Crippen MR) is 116 cm³/mol. The minimum Gasteiger partial charge on any atom is -0.322 e. The van der Waals surface area contributed by atoms with Crippen LogP contribution in [0, 0.1) is 13.1 Å². The van der Waals surface area contributed by atoms with E-state index in [4.69, 9.17) is 0 Å². The van der Waals surface area contributed by atoms with Gasteiger partial charge in [-0.15, -0.1) is 0 Å². The molecule has 0 N–H and O–H groups in total. The van der Waals surface area contributed by atoms with Crippen molar-refractivity contribution in [1.82, 2.24) is 24.1 Å². The molecule has 4 rings (SSSR count). The molecular weight excluding hydrogens is 578 g/mol. The molecule has 0 fully saturated rings. The molecule has 0 saturated heterocycles. The molecule has 3 heterocycles. The van der Waals surface area contributed by atoms with Crippen LogP contribution in [0.2, 0.25) is 0 Å². The molecule has 0 saturated carbocycles. The van der Waals surface area contributed by atoms with E-state index in [-0.39, 0.29) is 12.4 Å². The highest BCUT2D eigenvalue weighted by Gasteiger charge is 2.16. The summed E-state index contributed by atoms with van der Waals surface area (Å²) in [6.07, 6.45) is 7.02. The van der Waals surface area contributed by atoms with E-state index in [1.54, 1.807) is 35.6 Å². The second kappa shape index (κ2) is 7.78. The topological polar surface area (TPSA) is 48.5 Å². The SMILES string of the molecule is FCCn1c(-c2cncc(Cn3cncc3I)c2)nc2cc(F)c(I)cc21. The molecule has 0 spiro atoms. The summed E-state index contributed by atoms with van der Waals surface area (Å²) < 4.78 is 32.4. The van der Waals surface area contributed by atoms with Crippen molar-refractivity contribution in [2.24, 2.45) is 0 Å². The highest BCUT2D eigenvalue weighted by molar-refractivity contribution is 14.1. The molecule has 5 nitrogen and oxygen atoms in total. The summed E-state index contributed by atoms with van der Waals surface area (Å²) in [4.78, 5) is 13.0. The predicted octanol–water partition coefficient (Wildman–Crippen LogP) is 4.66. The van der Waals surface area contributed by atoms with Crippen molar-refractivity contribution in [3.63, 3.8) is 0 Å². The largest absolute Gasteiger partial charge is 0.322 e. The van der Waals surface area contributed by atoms with E-state index >= 15 is 0 Å². The zero-order valence-corrected chi connectivity index (χ0v) is 18.2. The summed E-state index contributed by atoms with van der Waals surface area (Å²) >= 11 is 4.15. The summed E-state index contributed by atoms with van der Waals surface area (Å²) in [6, 6.07) is 5.06. The van der Waals surface area contributed by atoms with Crippen molar-refractivity contribution >= 4 is 56.2 Å². The van der Waals surface area contributed by atoms with Crippen LogP contribution in [0.25, 0.3) is 22.4 Å². The number of imidazole rings is 2.